The van der Waals surface area contributed by atoms with E-state index >= 15 is 0 Å². The maximum atomic E-state index is 13.7. The van der Waals surface area contributed by atoms with E-state index in [2.05, 4.69) is 24.9 Å². The molecule has 0 spiro atoms. The molecule has 13 aromatic rings. The largest absolute Gasteiger partial charge is 0.457 e. The van der Waals surface area contributed by atoms with Gasteiger partial charge < -0.3 is 18.6 Å². The summed E-state index contributed by atoms with van der Waals surface area (Å²) in [5, 5.41) is 3.46. The van der Waals surface area contributed by atoms with Gasteiger partial charge in [-0.1, -0.05) is 170 Å². The third kappa shape index (κ3) is 8.92. The monoisotopic (exact) mass is 1030 g/mol. The number of hydrogen-bond acceptors (Lipinski definition) is 7. The number of fused-ring (bicyclic) bond motifs is 6. The van der Waals surface area contributed by atoms with E-state index < -0.39 is 11.9 Å². The third-order valence-electron chi connectivity index (χ3n) is 14.3. The van der Waals surface area contributed by atoms with Gasteiger partial charge >= 0.3 is 11.9 Å². The second-order valence-corrected chi connectivity index (χ2v) is 19.1. The molecule has 13 rings (SSSR count). The van der Waals surface area contributed by atoms with Crippen molar-refractivity contribution in [2.75, 3.05) is 0 Å². The van der Waals surface area contributed by atoms with Gasteiger partial charge in [-0.05, 0) is 89.0 Å². The topological polar surface area (TPSA) is 110 Å². The number of carbonyl (C=O) groups excluding carboxylic acids is 2. The summed E-state index contributed by atoms with van der Waals surface area (Å²) >= 11 is 0. The van der Waals surface area contributed by atoms with Gasteiger partial charge in [-0.25, -0.2) is 34.2 Å². The van der Waals surface area contributed by atoms with E-state index in [0.29, 0.717) is 62.5 Å². The van der Waals surface area contributed by atoms with Crippen LogP contribution in [0.1, 0.15) is 31.8 Å². The fraction of sp³-hybridized carbons (Fsp3) is 0.0290. The van der Waals surface area contributed by atoms with E-state index in [9.17, 15) is 9.59 Å². The highest BCUT2D eigenvalue weighted by molar-refractivity contribution is 6.13. The lowest BCUT2D eigenvalue weighted by molar-refractivity contribution is 0.0464. The van der Waals surface area contributed by atoms with Gasteiger partial charge in [0.25, 0.3) is 0 Å². The van der Waals surface area contributed by atoms with Crippen molar-refractivity contribution < 1.29 is 19.1 Å². The van der Waals surface area contributed by atoms with Crippen molar-refractivity contribution in [3.63, 3.8) is 0 Å². The molecule has 11 nitrogen and oxygen atoms in total. The van der Waals surface area contributed by atoms with Crippen LogP contribution in [0.2, 0.25) is 0 Å². The molecule has 80 heavy (non-hydrogen) atoms. The number of ether oxygens (including phenoxy) is 2. The van der Waals surface area contributed by atoms with Crippen molar-refractivity contribution in [1.82, 2.24) is 24.1 Å². The number of esters is 2. The highest BCUT2D eigenvalue weighted by Gasteiger charge is 2.25. The molecule has 378 valence electrons. The van der Waals surface area contributed by atoms with Crippen molar-refractivity contribution in [1.29, 1.82) is 0 Å². The molecule has 0 unspecified atom stereocenters. The first-order valence-electron chi connectivity index (χ1n) is 25.8. The number of carbonyl (C=O) groups is 2. The van der Waals surface area contributed by atoms with Crippen LogP contribution < -0.4 is 0 Å². The summed E-state index contributed by atoms with van der Waals surface area (Å²) in [5.74, 6) is 0.248. The number of hydrogen-bond donors (Lipinski definition) is 0. The molecule has 0 bridgehead atoms. The Hall–Kier alpha value is -11.3. The maximum absolute atomic E-state index is 13.7. The van der Waals surface area contributed by atoms with Crippen LogP contribution in [-0.4, -0.2) is 36.0 Å². The Morgan fingerprint density at radius 2 is 0.850 bits per heavy atom. The van der Waals surface area contributed by atoms with Gasteiger partial charge in [0, 0.05) is 43.9 Å². The molecule has 0 amide bonds. The van der Waals surface area contributed by atoms with Crippen LogP contribution in [0.3, 0.4) is 0 Å². The van der Waals surface area contributed by atoms with Gasteiger partial charge in [0.2, 0.25) is 0 Å². The number of para-hydroxylation sites is 3. The summed E-state index contributed by atoms with van der Waals surface area (Å²) in [4.78, 5) is 51.1. The van der Waals surface area contributed by atoms with Gasteiger partial charge in [-0.3, -0.25) is 0 Å². The van der Waals surface area contributed by atoms with Crippen molar-refractivity contribution in [2.24, 2.45) is 0 Å². The van der Waals surface area contributed by atoms with Gasteiger partial charge in [0.05, 0.1) is 52.0 Å². The zero-order valence-electron chi connectivity index (χ0n) is 42.7. The number of rotatable bonds is 12. The summed E-state index contributed by atoms with van der Waals surface area (Å²) in [5.41, 5.74) is 11.8. The highest BCUT2D eigenvalue weighted by Crippen LogP contribution is 2.42. The van der Waals surface area contributed by atoms with Crippen LogP contribution in [-0.2, 0) is 22.7 Å². The Balaban J connectivity index is 1.01. The molecule has 0 radical (unpaired) electrons. The Kier molecular flexibility index (Phi) is 12.5. The number of nitrogens with zero attached hydrogens (tertiary/aromatic N) is 7. The molecule has 0 aliphatic rings. The summed E-state index contributed by atoms with van der Waals surface area (Å²) in [6.45, 7) is 16.6. The zero-order chi connectivity index (χ0) is 54.1. The van der Waals surface area contributed by atoms with Crippen molar-refractivity contribution in [3.05, 3.63) is 282 Å². The smallest absolute Gasteiger partial charge is 0.338 e. The molecule has 0 aliphatic heterocycles. The summed E-state index contributed by atoms with van der Waals surface area (Å²) in [6.07, 6.45) is 0. The molecular weight excluding hydrogens is 991 g/mol. The van der Waals surface area contributed by atoms with Crippen LogP contribution in [0.5, 0.6) is 0 Å². The second-order valence-electron chi connectivity index (χ2n) is 19.1. The number of benzene rings is 10. The molecule has 3 heterocycles. The molecule has 0 saturated carbocycles. The first kappa shape index (κ1) is 48.4. The van der Waals surface area contributed by atoms with Gasteiger partial charge in [0.1, 0.15) is 13.2 Å². The van der Waals surface area contributed by atoms with E-state index in [4.69, 9.17) is 37.6 Å². The lowest BCUT2D eigenvalue weighted by Gasteiger charge is -2.18. The lowest BCUT2D eigenvalue weighted by atomic mass is 10.00. The Bertz CT molecular complexity index is 4670. The third-order valence-corrected chi connectivity index (χ3v) is 14.3. The summed E-state index contributed by atoms with van der Waals surface area (Å²) in [7, 11) is 0. The maximum Gasteiger partial charge on any atom is 0.338 e. The molecule has 0 fully saturated rings. The van der Waals surface area contributed by atoms with Crippen LogP contribution in [0.15, 0.2) is 237 Å². The SMILES string of the molecule is [C-]#[N+]c1ccc(-c2nc(-c3ccccc3)nc(-c3ccc(-c4ccccc4[N+]#[C-])cc3-n3c4ccccc4c4cc(C(=O)OCc5ccccc5)ccc43)n2)c(-n2c3ccccc3c3cc(C(=O)OCc4ccccc4)ccc32)c1. The van der Waals surface area contributed by atoms with Crippen LogP contribution >= 0.6 is 0 Å². The van der Waals surface area contributed by atoms with E-state index in [1.54, 1.807) is 18.2 Å². The van der Waals surface area contributed by atoms with Crippen LogP contribution in [0, 0.1) is 13.1 Å². The van der Waals surface area contributed by atoms with E-state index in [0.717, 1.165) is 71.4 Å². The summed E-state index contributed by atoms with van der Waals surface area (Å²) in [6, 6.07) is 75.2. The minimum absolute atomic E-state index is 0.138. The second kappa shape index (κ2) is 20.7. The average molecular weight is 1030 g/mol. The zero-order valence-corrected chi connectivity index (χ0v) is 42.7. The predicted molar refractivity (Wildman–Crippen MR) is 314 cm³/mol. The standard InChI is InChI=1S/C69H43N7O4/c1-70-50-33-35-55(64(41-50)76-60-29-17-14-26-53(60)57-39-49(32-37-62(57)76)69(78)80-43-45-20-8-4-9-21-45)67-73-65(46-22-10-5-11-23-46)72-66(74-67)54-34-30-47(51-24-12-15-27-58(51)71-2)40-63(54)75-59-28-16-13-25-52(59)56-38-48(31-36-61(56)75)68(77)79-42-44-18-6-3-7-19-44/h3-41H,42-43H2. The minimum Gasteiger partial charge on any atom is -0.457 e. The van der Waals surface area contributed by atoms with Crippen molar-refractivity contribution in [2.45, 2.75) is 13.2 Å². The van der Waals surface area contributed by atoms with Crippen LogP contribution in [0.25, 0.3) is 110 Å². The Morgan fingerprint density at radius 3 is 1.40 bits per heavy atom. The van der Waals surface area contributed by atoms with E-state index in [1.807, 2.05) is 212 Å². The molecule has 0 saturated heterocycles. The quantitative estimate of drug-likeness (QED) is 0.0885. The van der Waals surface area contributed by atoms with E-state index in [1.165, 1.54) is 0 Å². The van der Waals surface area contributed by atoms with Crippen molar-refractivity contribution in [3.8, 4) is 56.7 Å². The Labute approximate surface area is 459 Å². The van der Waals surface area contributed by atoms with Gasteiger partial charge in [-0.15, -0.1) is 0 Å². The van der Waals surface area contributed by atoms with Gasteiger partial charge in [-0.2, -0.15) is 0 Å². The van der Waals surface area contributed by atoms with Crippen molar-refractivity contribution >= 4 is 66.9 Å². The first-order valence-corrected chi connectivity index (χ1v) is 25.8. The molecule has 0 aliphatic carbocycles. The first-order chi connectivity index (χ1) is 39.4. The average Bonchev–Trinajstić information content (AvgIpc) is 4.14. The molecule has 11 heteroatoms. The molecule has 0 atom stereocenters. The van der Waals surface area contributed by atoms with Crippen LogP contribution in [0.4, 0.5) is 11.4 Å². The predicted octanol–water partition coefficient (Wildman–Crippen LogP) is 16.5. The fourth-order valence-electron chi connectivity index (χ4n) is 10.5. The van der Waals surface area contributed by atoms with Gasteiger partial charge in [0.15, 0.2) is 28.8 Å². The normalized spacial score (nSPS) is 11.2. The fourth-order valence-corrected chi connectivity index (χ4v) is 10.5. The molecule has 10 aromatic carbocycles. The Morgan fingerprint density at radius 1 is 0.388 bits per heavy atom. The number of aromatic nitrogens is 5. The molecule has 3 aromatic heterocycles. The highest BCUT2D eigenvalue weighted by atomic mass is 16.5. The lowest BCUT2D eigenvalue weighted by Crippen LogP contribution is -2.06. The molecular formula is C69H43N7O4. The minimum atomic E-state index is -0.442. The summed E-state index contributed by atoms with van der Waals surface area (Å²) < 4.78 is 15.9. The molecule has 0 N–H and O–H groups in total. The van der Waals surface area contributed by atoms with E-state index in [-0.39, 0.29) is 13.2 Å².